The van der Waals surface area contributed by atoms with Crippen LogP contribution in [0.4, 0.5) is 0 Å². The fraction of sp³-hybridized carbons (Fsp3) is 0.375. The number of hydrogen-bond acceptors (Lipinski definition) is 3. The van der Waals surface area contributed by atoms with Gasteiger partial charge in [0.2, 0.25) is 0 Å². The summed E-state index contributed by atoms with van der Waals surface area (Å²) in [4.78, 5) is 11.5. The first-order chi connectivity index (χ1) is 5.83. The lowest BCUT2D eigenvalue weighted by molar-refractivity contribution is 0.108. The third kappa shape index (κ3) is 1.24. The second kappa shape index (κ2) is 3.28. The molecule has 12 heavy (non-hydrogen) atoms. The zero-order valence-electron chi connectivity index (χ0n) is 6.30. The van der Waals surface area contributed by atoms with E-state index in [1.165, 1.54) is 16.9 Å². The lowest BCUT2D eigenvalue weighted by Crippen LogP contribution is -2.08. The number of fused-ring (bicyclic) bond motifs is 1. The Morgan fingerprint density at radius 3 is 3.08 bits per heavy atom. The maximum Gasteiger partial charge on any atom is 0.160 e. The molecule has 1 aromatic heterocycles. The van der Waals surface area contributed by atoms with Gasteiger partial charge in [-0.25, -0.2) is 0 Å². The summed E-state index contributed by atoms with van der Waals surface area (Å²) in [5, 5.41) is 0. The van der Waals surface area contributed by atoms with E-state index in [2.05, 4.69) is 15.9 Å². The van der Waals surface area contributed by atoms with Crippen LogP contribution in [0.3, 0.4) is 0 Å². The maximum atomic E-state index is 10.6. The van der Waals surface area contributed by atoms with E-state index in [0.717, 1.165) is 33.5 Å². The van der Waals surface area contributed by atoms with E-state index < -0.39 is 0 Å². The summed E-state index contributed by atoms with van der Waals surface area (Å²) < 4.78 is 6.34. The summed E-state index contributed by atoms with van der Waals surface area (Å²) in [7, 11) is 0. The molecule has 0 atom stereocenters. The van der Waals surface area contributed by atoms with Crippen LogP contribution in [0.15, 0.2) is 3.79 Å². The molecule has 0 spiro atoms. The first kappa shape index (κ1) is 8.41. The van der Waals surface area contributed by atoms with Crippen molar-refractivity contribution in [3.63, 3.8) is 0 Å². The third-order valence-electron chi connectivity index (χ3n) is 1.95. The van der Waals surface area contributed by atoms with Crippen LogP contribution in [0.1, 0.15) is 20.8 Å². The highest BCUT2D eigenvalue weighted by Crippen LogP contribution is 2.35. The molecule has 0 aromatic carbocycles. The molecule has 0 fully saturated rings. The SMILES string of the molecule is O=Cc1sc(Br)c2c1CCOC2. The van der Waals surface area contributed by atoms with E-state index in [9.17, 15) is 4.79 Å². The quantitative estimate of drug-likeness (QED) is 0.712. The van der Waals surface area contributed by atoms with Gasteiger partial charge in [0.1, 0.15) is 0 Å². The number of carbonyl (C=O) groups excluding carboxylic acids is 1. The number of aldehydes is 1. The smallest absolute Gasteiger partial charge is 0.160 e. The average Bonchev–Trinajstić information content (AvgIpc) is 2.44. The number of ether oxygens (including phenoxy) is 1. The highest BCUT2D eigenvalue weighted by atomic mass is 79.9. The molecule has 4 heteroatoms. The van der Waals surface area contributed by atoms with Crippen molar-refractivity contribution >= 4 is 33.6 Å². The van der Waals surface area contributed by atoms with Gasteiger partial charge in [-0.15, -0.1) is 11.3 Å². The van der Waals surface area contributed by atoms with Gasteiger partial charge in [-0.1, -0.05) is 0 Å². The van der Waals surface area contributed by atoms with Gasteiger partial charge >= 0.3 is 0 Å². The van der Waals surface area contributed by atoms with Crippen LogP contribution >= 0.6 is 27.3 Å². The Morgan fingerprint density at radius 2 is 2.33 bits per heavy atom. The summed E-state index contributed by atoms with van der Waals surface area (Å²) in [6.07, 6.45) is 1.80. The van der Waals surface area contributed by atoms with Crippen molar-refractivity contribution in [1.82, 2.24) is 0 Å². The molecule has 0 unspecified atom stereocenters. The molecule has 0 amide bonds. The zero-order valence-corrected chi connectivity index (χ0v) is 8.70. The van der Waals surface area contributed by atoms with Gasteiger partial charge in [-0.3, -0.25) is 4.79 Å². The molecule has 1 aliphatic heterocycles. The van der Waals surface area contributed by atoms with Gasteiger partial charge in [0.15, 0.2) is 6.29 Å². The summed E-state index contributed by atoms with van der Waals surface area (Å²) in [6, 6.07) is 0. The summed E-state index contributed by atoms with van der Waals surface area (Å²) in [5.41, 5.74) is 2.33. The lowest BCUT2D eigenvalue weighted by Gasteiger charge is -2.12. The molecular weight excluding hydrogens is 240 g/mol. The van der Waals surface area contributed by atoms with Gasteiger partial charge in [0.25, 0.3) is 0 Å². The van der Waals surface area contributed by atoms with Crippen LogP contribution in [0.2, 0.25) is 0 Å². The van der Waals surface area contributed by atoms with Crippen molar-refractivity contribution in [3.8, 4) is 0 Å². The van der Waals surface area contributed by atoms with Gasteiger partial charge in [0.05, 0.1) is 21.9 Å². The van der Waals surface area contributed by atoms with Gasteiger partial charge in [-0.2, -0.15) is 0 Å². The molecule has 2 nitrogen and oxygen atoms in total. The molecule has 0 aliphatic carbocycles. The van der Waals surface area contributed by atoms with Crippen molar-refractivity contribution in [1.29, 1.82) is 0 Å². The van der Waals surface area contributed by atoms with Crippen molar-refractivity contribution in [2.75, 3.05) is 6.61 Å². The fourth-order valence-corrected chi connectivity index (χ4v) is 3.12. The van der Waals surface area contributed by atoms with Crippen LogP contribution < -0.4 is 0 Å². The lowest BCUT2D eigenvalue weighted by atomic mass is 10.1. The normalized spacial score (nSPS) is 15.8. The maximum absolute atomic E-state index is 10.6. The topological polar surface area (TPSA) is 26.3 Å². The molecule has 1 aliphatic rings. The summed E-state index contributed by atoms with van der Waals surface area (Å²) in [6.45, 7) is 1.37. The second-order valence-corrected chi connectivity index (χ2v) is 4.99. The predicted molar refractivity (Wildman–Crippen MR) is 50.8 cm³/mol. The van der Waals surface area contributed by atoms with Crippen molar-refractivity contribution in [2.24, 2.45) is 0 Å². The van der Waals surface area contributed by atoms with Gasteiger partial charge < -0.3 is 4.74 Å². The number of rotatable bonds is 1. The van der Waals surface area contributed by atoms with Crippen LogP contribution in [0.25, 0.3) is 0 Å². The molecule has 2 heterocycles. The Labute approximate surface area is 82.7 Å². The van der Waals surface area contributed by atoms with Crippen LogP contribution in [-0.4, -0.2) is 12.9 Å². The van der Waals surface area contributed by atoms with Crippen molar-refractivity contribution in [3.05, 3.63) is 19.8 Å². The van der Waals surface area contributed by atoms with Crippen LogP contribution in [-0.2, 0) is 17.8 Å². The third-order valence-corrected chi connectivity index (χ3v) is 3.90. The first-order valence-corrected chi connectivity index (χ1v) is 5.27. The summed E-state index contributed by atoms with van der Waals surface area (Å²) >= 11 is 4.92. The first-order valence-electron chi connectivity index (χ1n) is 3.66. The van der Waals surface area contributed by atoms with E-state index in [4.69, 9.17) is 4.74 Å². The molecule has 0 N–H and O–H groups in total. The number of thiophene rings is 1. The highest BCUT2D eigenvalue weighted by molar-refractivity contribution is 9.11. The van der Waals surface area contributed by atoms with E-state index in [1.54, 1.807) is 0 Å². The van der Waals surface area contributed by atoms with Gasteiger partial charge in [0, 0.05) is 5.56 Å². The molecular formula is C8H7BrO2S. The predicted octanol–water partition coefficient (Wildman–Crippen LogP) is 2.40. The molecule has 2 rings (SSSR count). The molecule has 1 aromatic rings. The molecule has 64 valence electrons. The molecule has 0 bridgehead atoms. The summed E-state index contributed by atoms with van der Waals surface area (Å²) in [5.74, 6) is 0. The molecule has 0 saturated heterocycles. The van der Waals surface area contributed by atoms with E-state index in [-0.39, 0.29) is 0 Å². The minimum atomic E-state index is 0.639. The Kier molecular flexibility index (Phi) is 2.30. The standard InChI is InChI=1S/C8H7BrO2S/c9-8-6-4-11-2-1-5(6)7(3-10)12-8/h3H,1-2,4H2. The second-order valence-electron chi connectivity index (χ2n) is 2.62. The average molecular weight is 247 g/mol. The number of halogens is 1. The monoisotopic (exact) mass is 246 g/mol. The highest BCUT2D eigenvalue weighted by Gasteiger charge is 2.19. The number of carbonyl (C=O) groups is 1. The van der Waals surface area contributed by atoms with Crippen molar-refractivity contribution < 1.29 is 9.53 Å². The Hall–Kier alpha value is -0.190. The molecule has 0 saturated carbocycles. The zero-order chi connectivity index (χ0) is 8.55. The minimum absolute atomic E-state index is 0.639. The van der Waals surface area contributed by atoms with Crippen LogP contribution in [0.5, 0.6) is 0 Å². The van der Waals surface area contributed by atoms with E-state index >= 15 is 0 Å². The Morgan fingerprint density at radius 1 is 1.50 bits per heavy atom. The Balaban J connectivity index is 2.53. The van der Waals surface area contributed by atoms with Crippen LogP contribution in [0, 0.1) is 0 Å². The van der Waals surface area contributed by atoms with E-state index in [0.29, 0.717) is 6.61 Å². The largest absolute Gasteiger partial charge is 0.376 e. The minimum Gasteiger partial charge on any atom is -0.376 e. The fourth-order valence-electron chi connectivity index (χ4n) is 1.35. The van der Waals surface area contributed by atoms with E-state index in [1.807, 2.05) is 0 Å². The van der Waals surface area contributed by atoms with Gasteiger partial charge in [-0.05, 0) is 27.9 Å². The van der Waals surface area contributed by atoms with Crippen molar-refractivity contribution in [2.45, 2.75) is 13.0 Å². The Bertz CT molecular complexity index is 319. The molecule has 0 radical (unpaired) electrons. The number of hydrogen-bond donors (Lipinski definition) is 0.